The first-order valence-corrected chi connectivity index (χ1v) is 7.23. The van der Waals surface area contributed by atoms with Gasteiger partial charge in [-0.3, -0.25) is 0 Å². The van der Waals surface area contributed by atoms with Gasteiger partial charge in [-0.25, -0.2) is 0 Å². The Morgan fingerprint density at radius 2 is 1.90 bits per heavy atom. The first kappa shape index (κ1) is 14.9. The summed E-state index contributed by atoms with van der Waals surface area (Å²) in [6.07, 6.45) is -0.0647. The molecule has 0 heterocycles. The van der Waals surface area contributed by atoms with E-state index in [9.17, 15) is 0 Å². The third-order valence-electron chi connectivity index (χ3n) is 3.09. The van der Waals surface area contributed by atoms with Crippen LogP contribution in [0.5, 0.6) is 11.5 Å². The zero-order valence-electron chi connectivity index (χ0n) is 11.6. The SMILES string of the molecule is COc1cc(CN)cc(Br)c1OC(C)c1ccccc1. The summed E-state index contributed by atoms with van der Waals surface area (Å²) in [6, 6.07) is 13.9. The number of ether oxygens (including phenoxy) is 2. The number of halogens is 1. The highest BCUT2D eigenvalue weighted by molar-refractivity contribution is 9.10. The molecule has 3 nitrogen and oxygen atoms in total. The van der Waals surface area contributed by atoms with Crippen LogP contribution in [0.1, 0.15) is 24.2 Å². The number of methoxy groups -OCH3 is 1. The molecule has 0 bridgehead atoms. The highest BCUT2D eigenvalue weighted by atomic mass is 79.9. The van der Waals surface area contributed by atoms with Crippen LogP contribution in [0.3, 0.4) is 0 Å². The molecule has 2 rings (SSSR count). The monoisotopic (exact) mass is 335 g/mol. The van der Waals surface area contributed by atoms with Crippen LogP contribution < -0.4 is 15.2 Å². The molecule has 20 heavy (non-hydrogen) atoms. The normalized spacial score (nSPS) is 12.0. The Morgan fingerprint density at radius 3 is 2.50 bits per heavy atom. The maximum atomic E-state index is 6.04. The van der Waals surface area contributed by atoms with Gasteiger partial charge in [-0.15, -0.1) is 0 Å². The molecular weight excluding hydrogens is 318 g/mol. The Hall–Kier alpha value is -1.52. The number of benzene rings is 2. The lowest BCUT2D eigenvalue weighted by Crippen LogP contribution is -2.06. The lowest BCUT2D eigenvalue weighted by molar-refractivity contribution is 0.214. The second-order valence-electron chi connectivity index (χ2n) is 4.48. The van der Waals surface area contributed by atoms with Crippen LogP contribution in [-0.2, 0) is 6.54 Å². The van der Waals surface area contributed by atoms with Crippen molar-refractivity contribution in [3.63, 3.8) is 0 Å². The second kappa shape index (κ2) is 6.77. The summed E-state index contributed by atoms with van der Waals surface area (Å²) in [5.74, 6) is 1.38. The van der Waals surface area contributed by atoms with E-state index in [0.29, 0.717) is 18.0 Å². The van der Waals surface area contributed by atoms with Gasteiger partial charge in [0, 0.05) is 6.54 Å². The molecule has 1 unspecified atom stereocenters. The lowest BCUT2D eigenvalue weighted by atomic mass is 10.1. The van der Waals surface area contributed by atoms with Crippen LogP contribution in [0.4, 0.5) is 0 Å². The molecule has 0 aliphatic heterocycles. The lowest BCUT2D eigenvalue weighted by Gasteiger charge is -2.19. The largest absolute Gasteiger partial charge is 0.493 e. The molecule has 0 saturated heterocycles. The molecule has 0 aliphatic rings. The van der Waals surface area contributed by atoms with Gasteiger partial charge in [-0.2, -0.15) is 0 Å². The van der Waals surface area contributed by atoms with Crippen LogP contribution in [0.2, 0.25) is 0 Å². The molecule has 1 atom stereocenters. The van der Waals surface area contributed by atoms with E-state index in [1.807, 2.05) is 49.4 Å². The quantitative estimate of drug-likeness (QED) is 0.896. The van der Waals surface area contributed by atoms with E-state index in [4.69, 9.17) is 15.2 Å². The molecule has 106 valence electrons. The fraction of sp³-hybridized carbons (Fsp3) is 0.250. The molecule has 0 fully saturated rings. The Bertz CT molecular complexity index is 572. The van der Waals surface area contributed by atoms with Gasteiger partial charge >= 0.3 is 0 Å². The minimum absolute atomic E-state index is 0.0647. The van der Waals surface area contributed by atoms with Crippen molar-refractivity contribution in [3.05, 3.63) is 58.1 Å². The third kappa shape index (κ3) is 3.32. The van der Waals surface area contributed by atoms with Crippen LogP contribution in [0, 0.1) is 0 Å². The second-order valence-corrected chi connectivity index (χ2v) is 5.34. The molecule has 4 heteroatoms. The maximum absolute atomic E-state index is 6.04. The number of nitrogens with two attached hydrogens (primary N) is 1. The zero-order chi connectivity index (χ0) is 14.5. The van der Waals surface area contributed by atoms with Gasteiger partial charge in [-0.1, -0.05) is 30.3 Å². The summed E-state index contributed by atoms with van der Waals surface area (Å²) < 4.78 is 12.3. The van der Waals surface area contributed by atoms with Crippen molar-refractivity contribution in [1.29, 1.82) is 0 Å². The summed E-state index contributed by atoms with van der Waals surface area (Å²) in [6.45, 7) is 2.47. The smallest absolute Gasteiger partial charge is 0.176 e. The van der Waals surface area contributed by atoms with Gasteiger partial charge < -0.3 is 15.2 Å². The van der Waals surface area contributed by atoms with Crippen molar-refractivity contribution < 1.29 is 9.47 Å². The predicted octanol–water partition coefficient (Wildman–Crippen LogP) is 4.06. The Kier molecular flexibility index (Phi) is 5.04. The molecular formula is C16H18BrNO2. The zero-order valence-corrected chi connectivity index (χ0v) is 13.2. The Morgan fingerprint density at radius 1 is 1.20 bits per heavy atom. The van der Waals surface area contributed by atoms with Crippen molar-refractivity contribution in [2.45, 2.75) is 19.6 Å². The molecule has 0 spiro atoms. The van der Waals surface area contributed by atoms with Gasteiger partial charge in [0.15, 0.2) is 11.5 Å². The van der Waals surface area contributed by atoms with Gasteiger partial charge in [0.25, 0.3) is 0 Å². The van der Waals surface area contributed by atoms with Gasteiger partial charge in [0.05, 0.1) is 11.6 Å². The van der Waals surface area contributed by atoms with Crippen molar-refractivity contribution >= 4 is 15.9 Å². The fourth-order valence-corrected chi connectivity index (χ4v) is 2.56. The van der Waals surface area contributed by atoms with Gasteiger partial charge in [0.1, 0.15) is 6.10 Å². The molecule has 0 aliphatic carbocycles. The van der Waals surface area contributed by atoms with Crippen molar-refractivity contribution in [2.75, 3.05) is 7.11 Å². The highest BCUT2D eigenvalue weighted by Crippen LogP contribution is 2.39. The van der Waals surface area contributed by atoms with E-state index in [0.717, 1.165) is 15.6 Å². The molecule has 2 aromatic rings. The van der Waals surface area contributed by atoms with Crippen molar-refractivity contribution in [3.8, 4) is 11.5 Å². The van der Waals surface area contributed by atoms with Crippen LogP contribution in [0.25, 0.3) is 0 Å². The average molecular weight is 336 g/mol. The molecule has 0 aromatic heterocycles. The average Bonchev–Trinajstić information content (AvgIpc) is 2.49. The number of hydrogen-bond acceptors (Lipinski definition) is 3. The molecule has 0 amide bonds. The summed E-state index contributed by atoms with van der Waals surface area (Å²) in [7, 11) is 1.63. The fourth-order valence-electron chi connectivity index (χ4n) is 1.97. The van der Waals surface area contributed by atoms with E-state index in [2.05, 4.69) is 15.9 Å². The molecule has 0 saturated carbocycles. The van der Waals surface area contributed by atoms with Crippen LogP contribution in [-0.4, -0.2) is 7.11 Å². The van der Waals surface area contributed by atoms with Gasteiger partial charge in [0.2, 0.25) is 0 Å². The number of rotatable bonds is 5. The Labute approximate surface area is 127 Å². The third-order valence-corrected chi connectivity index (χ3v) is 3.68. The summed E-state index contributed by atoms with van der Waals surface area (Å²) in [4.78, 5) is 0. The molecule has 2 N–H and O–H groups in total. The van der Waals surface area contributed by atoms with E-state index in [1.54, 1.807) is 7.11 Å². The van der Waals surface area contributed by atoms with Crippen molar-refractivity contribution in [2.24, 2.45) is 5.73 Å². The molecule has 2 aromatic carbocycles. The maximum Gasteiger partial charge on any atom is 0.176 e. The molecule has 0 radical (unpaired) electrons. The van der Waals surface area contributed by atoms with Crippen LogP contribution >= 0.6 is 15.9 Å². The van der Waals surface area contributed by atoms with E-state index in [-0.39, 0.29) is 6.10 Å². The van der Waals surface area contributed by atoms with E-state index >= 15 is 0 Å². The van der Waals surface area contributed by atoms with Crippen molar-refractivity contribution in [1.82, 2.24) is 0 Å². The summed E-state index contributed by atoms with van der Waals surface area (Å²) in [5.41, 5.74) is 7.78. The van der Waals surface area contributed by atoms with E-state index < -0.39 is 0 Å². The number of hydrogen-bond donors (Lipinski definition) is 1. The first-order valence-electron chi connectivity index (χ1n) is 6.43. The topological polar surface area (TPSA) is 44.5 Å². The minimum Gasteiger partial charge on any atom is -0.493 e. The standard InChI is InChI=1S/C16H18BrNO2/c1-11(13-6-4-3-5-7-13)20-16-14(17)8-12(10-18)9-15(16)19-2/h3-9,11H,10,18H2,1-2H3. The first-order chi connectivity index (χ1) is 9.65. The van der Waals surface area contributed by atoms with Crippen LogP contribution in [0.15, 0.2) is 46.9 Å². The highest BCUT2D eigenvalue weighted by Gasteiger charge is 2.15. The summed E-state index contributed by atoms with van der Waals surface area (Å²) in [5, 5.41) is 0. The predicted molar refractivity (Wildman–Crippen MR) is 84.1 cm³/mol. The summed E-state index contributed by atoms with van der Waals surface area (Å²) >= 11 is 3.52. The Balaban J connectivity index is 2.29. The van der Waals surface area contributed by atoms with Gasteiger partial charge in [-0.05, 0) is 46.1 Å². The van der Waals surface area contributed by atoms with E-state index in [1.165, 1.54) is 0 Å². The minimum atomic E-state index is -0.0647.